The Kier molecular flexibility index (Phi) is 4.98. The Hall–Kier alpha value is -2.96. The van der Waals surface area contributed by atoms with Gasteiger partial charge in [-0.15, -0.1) is 0 Å². The third-order valence-corrected chi connectivity index (χ3v) is 7.23. The van der Waals surface area contributed by atoms with Crippen molar-refractivity contribution >= 4 is 21.6 Å². The molecule has 0 radical (unpaired) electrons. The van der Waals surface area contributed by atoms with E-state index < -0.39 is 16.1 Å². The maximum absolute atomic E-state index is 13.5. The molecule has 5 nitrogen and oxygen atoms in total. The minimum Gasteiger partial charge on any atom is -0.325 e. The summed E-state index contributed by atoms with van der Waals surface area (Å²) in [5, 5.41) is 2.78. The summed E-state index contributed by atoms with van der Waals surface area (Å²) in [5.74, 6) is -0.487. The number of benzene rings is 3. The van der Waals surface area contributed by atoms with E-state index in [1.54, 1.807) is 32.2 Å². The lowest BCUT2D eigenvalue weighted by atomic mass is 9.99. The van der Waals surface area contributed by atoms with Crippen LogP contribution in [0.25, 0.3) is 0 Å². The van der Waals surface area contributed by atoms with E-state index >= 15 is 0 Å². The highest BCUT2D eigenvalue weighted by Crippen LogP contribution is 2.36. The number of fused-ring (bicyclic) bond motifs is 1. The zero-order valence-corrected chi connectivity index (χ0v) is 17.1. The Morgan fingerprint density at radius 2 is 1.45 bits per heavy atom. The van der Waals surface area contributed by atoms with Crippen molar-refractivity contribution in [2.24, 2.45) is 0 Å². The smallest absolute Gasteiger partial charge is 0.243 e. The predicted molar refractivity (Wildman–Crippen MR) is 113 cm³/mol. The third-order valence-electron chi connectivity index (χ3n) is 5.41. The molecule has 0 spiro atoms. The molecule has 0 saturated heterocycles. The zero-order valence-electron chi connectivity index (χ0n) is 16.2. The molecule has 0 aliphatic carbocycles. The maximum atomic E-state index is 13.5. The number of carbonyl (C=O) groups excluding carboxylic acids is 1. The van der Waals surface area contributed by atoms with Crippen molar-refractivity contribution in [1.82, 2.24) is 4.31 Å². The molecular weight excluding hydrogens is 384 g/mol. The Bertz CT molecular complexity index is 1110. The molecule has 1 aliphatic rings. The largest absolute Gasteiger partial charge is 0.325 e. The van der Waals surface area contributed by atoms with E-state index in [9.17, 15) is 13.2 Å². The van der Waals surface area contributed by atoms with Gasteiger partial charge in [-0.2, -0.15) is 4.31 Å². The van der Waals surface area contributed by atoms with Gasteiger partial charge in [0, 0.05) is 12.7 Å². The molecule has 3 aromatic carbocycles. The normalized spacial score (nSPS) is 16.1. The minimum absolute atomic E-state index is 0.116. The molecular formula is C23H22N2O3S. The van der Waals surface area contributed by atoms with Gasteiger partial charge in [0.15, 0.2) is 0 Å². The minimum atomic E-state index is -3.80. The molecule has 1 N–H and O–H groups in total. The van der Waals surface area contributed by atoms with Gasteiger partial charge in [-0.25, -0.2) is 8.42 Å². The van der Waals surface area contributed by atoms with Crippen molar-refractivity contribution < 1.29 is 13.2 Å². The van der Waals surface area contributed by atoms with Gasteiger partial charge in [0.2, 0.25) is 15.9 Å². The van der Waals surface area contributed by atoms with Crippen LogP contribution >= 0.6 is 0 Å². The van der Waals surface area contributed by atoms with Crippen molar-refractivity contribution in [3.05, 3.63) is 95.6 Å². The van der Waals surface area contributed by atoms with Gasteiger partial charge in [-0.05, 0) is 41.8 Å². The number of carbonyl (C=O) groups is 1. The number of nitrogens with one attached hydrogen (secondary N) is 1. The molecule has 0 aromatic heterocycles. The summed E-state index contributed by atoms with van der Waals surface area (Å²) in [6.07, 6.45) is 0. The average molecular weight is 407 g/mol. The van der Waals surface area contributed by atoms with E-state index in [0.29, 0.717) is 11.3 Å². The Morgan fingerprint density at radius 1 is 0.897 bits per heavy atom. The van der Waals surface area contributed by atoms with Crippen LogP contribution in [0.5, 0.6) is 0 Å². The topological polar surface area (TPSA) is 66.5 Å². The molecule has 1 heterocycles. The van der Waals surface area contributed by atoms with Crippen molar-refractivity contribution in [1.29, 1.82) is 0 Å². The van der Waals surface area contributed by atoms with Gasteiger partial charge in [-0.3, -0.25) is 4.79 Å². The summed E-state index contributed by atoms with van der Waals surface area (Å²) in [6, 6.07) is 23.5. The molecule has 1 aliphatic heterocycles. The molecule has 0 fully saturated rings. The second-order valence-corrected chi connectivity index (χ2v) is 9.20. The van der Waals surface area contributed by atoms with Crippen molar-refractivity contribution in [2.45, 2.75) is 23.8 Å². The molecule has 4 rings (SSSR count). The molecule has 29 heavy (non-hydrogen) atoms. The van der Waals surface area contributed by atoms with Gasteiger partial charge >= 0.3 is 0 Å². The Morgan fingerprint density at radius 3 is 2.00 bits per heavy atom. The van der Waals surface area contributed by atoms with E-state index in [0.717, 1.165) is 11.1 Å². The fourth-order valence-corrected chi connectivity index (χ4v) is 5.11. The number of sulfonamides is 1. The SMILES string of the molecule is C[C@H]1C(=O)Nc2ccc(S(=O)(=O)N(C)C(c3ccccc3)c3ccccc3)cc21. The van der Waals surface area contributed by atoms with Gasteiger partial charge in [0.1, 0.15) is 0 Å². The summed E-state index contributed by atoms with van der Waals surface area (Å²) in [5.41, 5.74) is 3.15. The molecule has 3 aromatic rings. The first-order valence-corrected chi connectivity index (χ1v) is 10.9. The number of hydrogen-bond donors (Lipinski definition) is 1. The Balaban J connectivity index is 1.78. The molecule has 0 bridgehead atoms. The van der Waals surface area contributed by atoms with Gasteiger partial charge in [0.25, 0.3) is 0 Å². The molecule has 0 saturated carbocycles. The van der Waals surface area contributed by atoms with Crippen LogP contribution in [-0.4, -0.2) is 25.7 Å². The number of anilines is 1. The van der Waals surface area contributed by atoms with Crippen molar-refractivity contribution in [2.75, 3.05) is 12.4 Å². The predicted octanol–water partition coefficient (Wildman–Crippen LogP) is 4.15. The van der Waals surface area contributed by atoms with E-state index in [-0.39, 0.29) is 16.7 Å². The highest BCUT2D eigenvalue weighted by atomic mass is 32.2. The maximum Gasteiger partial charge on any atom is 0.243 e. The molecule has 148 valence electrons. The average Bonchev–Trinajstić information content (AvgIpc) is 3.03. The van der Waals surface area contributed by atoms with Gasteiger partial charge < -0.3 is 5.32 Å². The third kappa shape index (κ3) is 3.45. The van der Waals surface area contributed by atoms with Gasteiger partial charge in [0.05, 0.1) is 16.9 Å². The van der Waals surface area contributed by atoms with Crippen LogP contribution in [0.1, 0.15) is 35.6 Å². The molecule has 0 unspecified atom stereocenters. The van der Waals surface area contributed by atoms with E-state index in [1.165, 1.54) is 4.31 Å². The molecule has 6 heteroatoms. The number of hydrogen-bond acceptors (Lipinski definition) is 3. The first-order chi connectivity index (χ1) is 13.9. The summed E-state index contributed by atoms with van der Waals surface area (Å²) in [4.78, 5) is 12.1. The lowest BCUT2D eigenvalue weighted by molar-refractivity contribution is -0.116. The van der Waals surface area contributed by atoms with Crippen molar-refractivity contribution in [3.63, 3.8) is 0 Å². The summed E-state index contributed by atoms with van der Waals surface area (Å²) < 4.78 is 28.5. The van der Waals surface area contributed by atoms with Crippen LogP contribution in [0.3, 0.4) is 0 Å². The second kappa shape index (κ2) is 7.46. The van der Waals surface area contributed by atoms with Crippen molar-refractivity contribution in [3.8, 4) is 0 Å². The van der Waals surface area contributed by atoms with Gasteiger partial charge in [-0.1, -0.05) is 60.7 Å². The number of rotatable bonds is 5. The quantitative estimate of drug-likeness (QED) is 0.692. The first-order valence-electron chi connectivity index (χ1n) is 9.42. The summed E-state index contributed by atoms with van der Waals surface area (Å²) >= 11 is 0. The van der Waals surface area contributed by atoms with E-state index in [4.69, 9.17) is 0 Å². The lowest BCUT2D eigenvalue weighted by Crippen LogP contribution is -2.32. The van der Waals surface area contributed by atoms with Crippen LogP contribution < -0.4 is 5.32 Å². The number of amides is 1. The summed E-state index contributed by atoms with van der Waals surface area (Å²) in [7, 11) is -2.21. The zero-order chi connectivity index (χ0) is 20.6. The fourth-order valence-electron chi connectivity index (χ4n) is 3.74. The molecule has 1 atom stereocenters. The highest BCUT2D eigenvalue weighted by Gasteiger charge is 2.33. The van der Waals surface area contributed by atoms with Crippen LogP contribution in [0.15, 0.2) is 83.8 Å². The lowest BCUT2D eigenvalue weighted by Gasteiger charge is -2.28. The fraction of sp³-hybridized carbons (Fsp3) is 0.174. The number of nitrogens with zero attached hydrogens (tertiary/aromatic N) is 1. The highest BCUT2D eigenvalue weighted by molar-refractivity contribution is 7.89. The Labute approximate surface area is 171 Å². The van der Waals surface area contributed by atoms with E-state index in [1.807, 2.05) is 60.7 Å². The van der Waals surface area contributed by atoms with Crippen LogP contribution in [0, 0.1) is 0 Å². The van der Waals surface area contributed by atoms with E-state index in [2.05, 4.69) is 5.32 Å². The monoisotopic (exact) mass is 406 g/mol. The van der Waals surface area contributed by atoms with Crippen LogP contribution in [-0.2, 0) is 14.8 Å². The summed E-state index contributed by atoms with van der Waals surface area (Å²) in [6.45, 7) is 1.78. The second-order valence-electron chi connectivity index (χ2n) is 7.21. The molecule has 1 amide bonds. The van der Waals surface area contributed by atoms with Crippen LogP contribution in [0.4, 0.5) is 5.69 Å². The first kappa shape index (κ1) is 19.4. The van der Waals surface area contributed by atoms with Crippen LogP contribution in [0.2, 0.25) is 0 Å². The standard InChI is InChI=1S/C23H22N2O3S/c1-16-20-15-19(13-14-21(20)24-23(16)26)29(27,28)25(2)22(17-9-5-3-6-10-17)18-11-7-4-8-12-18/h3-16,22H,1-2H3,(H,24,26)/t16-/m1/s1.